The van der Waals surface area contributed by atoms with Crippen LogP contribution in [0.15, 0.2) is 47.3 Å². The molecule has 0 bridgehead atoms. The van der Waals surface area contributed by atoms with E-state index in [1.165, 1.54) is 16.8 Å². The molecular weight excluding hydrogens is 282 g/mol. The minimum absolute atomic E-state index is 0.0103. The Morgan fingerprint density at radius 2 is 1.95 bits per heavy atom. The maximum absolute atomic E-state index is 11.9. The van der Waals surface area contributed by atoms with Crippen LogP contribution in [0.25, 0.3) is 0 Å². The van der Waals surface area contributed by atoms with Crippen molar-refractivity contribution in [3.8, 4) is 5.75 Å². The van der Waals surface area contributed by atoms with E-state index in [0.29, 0.717) is 6.61 Å². The van der Waals surface area contributed by atoms with Crippen LogP contribution in [0, 0.1) is 0 Å². The second-order valence-electron chi connectivity index (χ2n) is 5.07. The molecule has 0 atom stereocenters. The lowest BCUT2D eigenvalue weighted by Crippen LogP contribution is -2.34. The molecule has 1 aromatic heterocycles. The lowest BCUT2D eigenvalue weighted by atomic mass is 10.3. The van der Waals surface area contributed by atoms with E-state index in [0.717, 1.165) is 5.75 Å². The zero-order chi connectivity index (χ0) is 15.9. The molecule has 0 aliphatic carbocycles. The maximum Gasteiger partial charge on any atom is 0.271 e. The van der Waals surface area contributed by atoms with E-state index in [1.807, 2.05) is 44.2 Å². The Morgan fingerprint density at radius 3 is 2.64 bits per heavy atom. The van der Waals surface area contributed by atoms with E-state index < -0.39 is 0 Å². The van der Waals surface area contributed by atoms with Gasteiger partial charge in [0, 0.05) is 12.1 Å². The summed E-state index contributed by atoms with van der Waals surface area (Å²) in [6.45, 7) is 4.30. The smallest absolute Gasteiger partial charge is 0.271 e. The molecule has 0 unspecified atom stereocenters. The number of rotatable bonds is 6. The summed E-state index contributed by atoms with van der Waals surface area (Å²) in [7, 11) is 0. The molecule has 1 N–H and O–H groups in total. The van der Waals surface area contributed by atoms with Gasteiger partial charge in [0.1, 0.15) is 18.1 Å². The van der Waals surface area contributed by atoms with E-state index in [4.69, 9.17) is 4.74 Å². The fourth-order valence-electron chi connectivity index (χ4n) is 1.83. The van der Waals surface area contributed by atoms with Crippen LogP contribution >= 0.6 is 0 Å². The van der Waals surface area contributed by atoms with Gasteiger partial charge in [-0.05, 0) is 32.0 Å². The van der Waals surface area contributed by atoms with Crippen molar-refractivity contribution in [2.45, 2.75) is 26.4 Å². The number of aromatic nitrogens is 2. The third-order valence-corrected chi connectivity index (χ3v) is 2.83. The molecule has 2 aromatic rings. The second kappa shape index (κ2) is 7.40. The van der Waals surface area contributed by atoms with Crippen molar-refractivity contribution in [3.63, 3.8) is 0 Å². The van der Waals surface area contributed by atoms with E-state index >= 15 is 0 Å². The lowest BCUT2D eigenvalue weighted by Gasteiger charge is -2.10. The standard InChI is InChI=1S/C16H19N3O3/c1-12(2)17-16(21)14-8-9-15(20)19(18-14)10-11-22-13-6-4-3-5-7-13/h3-9,12H,10-11H2,1-2H3,(H,17,21). The lowest BCUT2D eigenvalue weighted by molar-refractivity contribution is 0.0935. The van der Waals surface area contributed by atoms with Crippen molar-refractivity contribution in [3.05, 3.63) is 58.5 Å². The summed E-state index contributed by atoms with van der Waals surface area (Å²) in [6.07, 6.45) is 0. The second-order valence-corrected chi connectivity index (χ2v) is 5.07. The van der Waals surface area contributed by atoms with E-state index in [2.05, 4.69) is 10.4 Å². The number of hydrogen-bond acceptors (Lipinski definition) is 4. The van der Waals surface area contributed by atoms with Crippen molar-refractivity contribution < 1.29 is 9.53 Å². The average molecular weight is 301 g/mol. The first-order valence-corrected chi connectivity index (χ1v) is 7.13. The highest BCUT2D eigenvalue weighted by molar-refractivity contribution is 5.92. The SMILES string of the molecule is CC(C)NC(=O)c1ccc(=O)n(CCOc2ccccc2)n1. The minimum Gasteiger partial charge on any atom is -0.492 e. The molecule has 2 rings (SSSR count). The summed E-state index contributed by atoms with van der Waals surface area (Å²) in [6, 6.07) is 12.1. The van der Waals surface area contributed by atoms with Crippen LogP contribution in [0.5, 0.6) is 5.75 Å². The van der Waals surface area contributed by atoms with Gasteiger partial charge in [-0.1, -0.05) is 18.2 Å². The Labute approximate surface area is 128 Å². The molecule has 116 valence electrons. The predicted octanol–water partition coefficient (Wildman–Crippen LogP) is 1.46. The highest BCUT2D eigenvalue weighted by Crippen LogP contribution is 2.07. The number of ether oxygens (including phenoxy) is 1. The molecule has 0 radical (unpaired) electrons. The Morgan fingerprint density at radius 1 is 1.23 bits per heavy atom. The van der Waals surface area contributed by atoms with Crippen molar-refractivity contribution >= 4 is 5.91 Å². The summed E-state index contributed by atoms with van der Waals surface area (Å²) in [5.74, 6) is 0.428. The van der Waals surface area contributed by atoms with E-state index in [-0.39, 0.29) is 29.7 Å². The van der Waals surface area contributed by atoms with Gasteiger partial charge in [0.15, 0.2) is 0 Å². The first-order valence-electron chi connectivity index (χ1n) is 7.13. The number of nitrogens with one attached hydrogen (secondary N) is 1. The number of carbonyl (C=O) groups is 1. The zero-order valence-electron chi connectivity index (χ0n) is 12.7. The van der Waals surface area contributed by atoms with Crippen LogP contribution in [0.1, 0.15) is 24.3 Å². The number of hydrogen-bond donors (Lipinski definition) is 1. The van der Waals surface area contributed by atoms with Crippen molar-refractivity contribution in [1.29, 1.82) is 0 Å². The number of carbonyl (C=O) groups excluding carboxylic acids is 1. The van der Waals surface area contributed by atoms with Gasteiger partial charge in [0.2, 0.25) is 0 Å². The largest absolute Gasteiger partial charge is 0.492 e. The quantitative estimate of drug-likeness (QED) is 0.876. The van der Waals surface area contributed by atoms with Crippen molar-refractivity contribution in [1.82, 2.24) is 15.1 Å². The highest BCUT2D eigenvalue weighted by atomic mass is 16.5. The highest BCUT2D eigenvalue weighted by Gasteiger charge is 2.10. The molecule has 1 heterocycles. The topological polar surface area (TPSA) is 73.2 Å². The Hall–Kier alpha value is -2.63. The van der Waals surface area contributed by atoms with Crippen LogP contribution in [-0.4, -0.2) is 28.3 Å². The Kier molecular flexibility index (Phi) is 5.30. The molecule has 1 amide bonds. The van der Waals surface area contributed by atoms with Gasteiger partial charge in [0.05, 0.1) is 6.54 Å². The third-order valence-electron chi connectivity index (χ3n) is 2.83. The average Bonchev–Trinajstić information content (AvgIpc) is 2.49. The monoisotopic (exact) mass is 301 g/mol. The number of nitrogens with zero attached hydrogens (tertiary/aromatic N) is 2. The molecule has 0 spiro atoms. The van der Waals surface area contributed by atoms with Gasteiger partial charge in [-0.2, -0.15) is 5.10 Å². The van der Waals surface area contributed by atoms with Crippen LogP contribution in [0.3, 0.4) is 0 Å². The maximum atomic E-state index is 11.9. The van der Waals surface area contributed by atoms with Gasteiger partial charge in [0.25, 0.3) is 11.5 Å². The fourth-order valence-corrected chi connectivity index (χ4v) is 1.83. The molecule has 0 aliphatic rings. The summed E-state index contributed by atoms with van der Waals surface area (Å²) in [4.78, 5) is 23.7. The Balaban J connectivity index is 2.01. The van der Waals surface area contributed by atoms with E-state index in [1.54, 1.807) is 0 Å². The predicted molar refractivity (Wildman–Crippen MR) is 83.0 cm³/mol. The molecule has 0 saturated carbocycles. The minimum atomic E-state index is -0.298. The van der Waals surface area contributed by atoms with Gasteiger partial charge in [-0.3, -0.25) is 9.59 Å². The molecular formula is C16H19N3O3. The van der Waals surface area contributed by atoms with Crippen molar-refractivity contribution in [2.24, 2.45) is 0 Å². The molecule has 1 aromatic carbocycles. The van der Waals surface area contributed by atoms with Gasteiger partial charge in [-0.15, -0.1) is 0 Å². The summed E-state index contributed by atoms with van der Waals surface area (Å²) < 4.78 is 6.76. The number of para-hydroxylation sites is 1. The molecule has 22 heavy (non-hydrogen) atoms. The first-order chi connectivity index (χ1) is 10.6. The van der Waals surface area contributed by atoms with Crippen LogP contribution in [0.2, 0.25) is 0 Å². The zero-order valence-corrected chi connectivity index (χ0v) is 12.7. The van der Waals surface area contributed by atoms with Crippen LogP contribution in [-0.2, 0) is 6.54 Å². The first kappa shape index (κ1) is 15.8. The van der Waals surface area contributed by atoms with Crippen LogP contribution in [0.4, 0.5) is 0 Å². The number of benzene rings is 1. The fraction of sp³-hybridized carbons (Fsp3) is 0.312. The van der Waals surface area contributed by atoms with Gasteiger partial charge < -0.3 is 10.1 Å². The van der Waals surface area contributed by atoms with Gasteiger partial charge in [-0.25, -0.2) is 4.68 Å². The molecule has 0 aliphatic heterocycles. The summed E-state index contributed by atoms with van der Waals surface area (Å²) in [5, 5.41) is 6.81. The molecule has 0 fully saturated rings. The normalized spacial score (nSPS) is 10.5. The molecule has 6 nitrogen and oxygen atoms in total. The van der Waals surface area contributed by atoms with Crippen molar-refractivity contribution in [2.75, 3.05) is 6.61 Å². The van der Waals surface area contributed by atoms with Gasteiger partial charge >= 0.3 is 0 Å². The third kappa shape index (κ3) is 4.44. The molecule has 6 heteroatoms. The summed E-state index contributed by atoms with van der Waals surface area (Å²) in [5.41, 5.74) is -0.0502. The Bertz CT molecular complexity index is 681. The molecule has 0 saturated heterocycles. The van der Waals surface area contributed by atoms with Crippen LogP contribution < -0.4 is 15.6 Å². The van der Waals surface area contributed by atoms with E-state index in [9.17, 15) is 9.59 Å². The summed E-state index contributed by atoms with van der Waals surface area (Å²) >= 11 is 0. The number of amides is 1.